The lowest BCUT2D eigenvalue weighted by molar-refractivity contribution is 0.304. The highest BCUT2D eigenvalue weighted by molar-refractivity contribution is 5.45. The van der Waals surface area contributed by atoms with E-state index in [9.17, 15) is 0 Å². The van der Waals surface area contributed by atoms with Crippen molar-refractivity contribution in [2.45, 2.75) is 13.0 Å². The molecule has 2 aromatic carbocycles. The second-order valence-corrected chi connectivity index (χ2v) is 4.05. The van der Waals surface area contributed by atoms with Gasteiger partial charge in [-0.3, -0.25) is 0 Å². The summed E-state index contributed by atoms with van der Waals surface area (Å²) in [6, 6.07) is 17.7. The lowest BCUT2D eigenvalue weighted by atomic mass is 10.2. The van der Waals surface area contributed by atoms with Crippen molar-refractivity contribution in [3.63, 3.8) is 0 Å². The van der Waals surface area contributed by atoms with Gasteiger partial charge in [-0.05, 0) is 17.7 Å². The standard InChI is InChI=1S/C17H16O2/c18-13-7-6-11-16-10-4-5-12-17(16)19-14-15-8-2-1-3-9-15/h1-5,8-10,12,18H,7,13-14H2. The fourth-order valence-electron chi connectivity index (χ4n) is 1.64. The number of rotatable bonds is 4. The average molecular weight is 252 g/mol. The summed E-state index contributed by atoms with van der Waals surface area (Å²) >= 11 is 0. The lowest BCUT2D eigenvalue weighted by Crippen LogP contribution is -1.96. The molecule has 2 heteroatoms. The van der Waals surface area contributed by atoms with E-state index in [0.29, 0.717) is 13.0 Å². The summed E-state index contributed by atoms with van der Waals surface area (Å²) in [6.07, 6.45) is 0.479. The van der Waals surface area contributed by atoms with E-state index in [1.165, 1.54) is 0 Å². The molecule has 0 fully saturated rings. The van der Waals surface area contributed by atoms with Crippen LogP contribution in [-0.2, 0) is 6.61 Å². The third-order valence-electron chi connectivity index (χ3n) is 2.58. The Hall–Kier alpha value is -2.24. The molecule has 0 aliphatic rings. The zero-order chi connectivity index (χ0) is 13.3. The fourth-order valence-corrected chi connectivity index (χ4v) is 1.64. The Morgan fingerprint density at radius 3 is 2.47 bits per heavy atom. The number of hydrogen-bond acceptors (Lipinski definition) is 2. The molecular weight excluding hydrogens is 236 g/mol. The van der Waals surface area contributed by atoms with Crippen LogP contribution in [0.2, 0.25) is 0 Å². The highest BCUT2D eigenvalue weighted by atomic mass is 16.5. The zero-order valence-electron chi connectivity index (χ0n) is 10.7. The second-order valence-electron chi connectivity index (χ2n) is 4.05. The fraction of sp³-hybridized carbons (Fsp3) is 0.176. The van der Waals surface area contributed by atoms with Crippen LogP contribution in [0.4, 0.5) is 0 Å². The third kappa shape index (κ3) is 4.17. The highest BCUT2D eigenvalue weighted by Crippen LogP contribution is 2.18. The molecule has 0 aliphatic carbocycles. The van der Waals surface area contributed by atoms with Crippen molar-refractivity contribution in [2.24, 2.45) is 0 Å². The topological polar surface area (TPSA) is 29.5 Å². The van der Waals surface area contributed by atoms with E-state index in [4.69, 9.17) is 9.84 Å². The number of aliphatic hydroxyl groups excluding tert-OH is 1. The van der Waals surface area contributed by atoms with Gasteiger partial charge < -0.3 is 9.84 Å². The molecule has 0 unspecified atom stereocenters. The van der Waals surface area contributed by atoms with E-state index in [1.54, 1.807) is 0 Å². The first-order valence-corrected chi connectivity index (χ1v) is 6.25. The minimum Gasteiger partial charge on any atom is -0.488 e. The van der Waals surface area contributed by atoms with Crippen molar-refractivity contribution in [3.8, 4) is 17.6 Å². The quantitative estimate of drug-likeness (QED) is 0.848. The van der Waals surface area contributed by atoms with Gasteiger partial charge in [-0.15, -0.1) is 0 Å². The summed E-state index contributed by atoms with van der Waals surface area (Å²) in [7, 11) is 0. The van der Waals surface area contributed by atoms with Crippen molar-refractivity contribution in [1.29, 1.82) is 0 Å². The predicted octanol–water partition coefficient (Wildman–Crippen LogP) is 3.00. The Morgan fingerprint density at radius 2 is 1.68 bits per heavy atom. The molecule has 0 amide bonds. The van der Waals surface area contributed by atoms with E-state index in [1.807, 2.05) is 54.6 Å². The Balaban J connectivity index is 2.06. The molecule has 1 N–H and O–H groups in total. The molecule has 0 aliphatic heterocycles. The smallest absolute Gasteiger partial charge is 0.135 e. The summed E-state index contributed by atoms with van der Waals surface area (Å²) in [6.45, 7) is 0.611. The molecule has 0 bridgehead atoms. The SMILES string of the molecule is OCCC#Cc1ccccc1OCc1ccccc1. The number of para-hydroxylation sites is 1. The molecular formula is C17H16O2. The van der Waals surface area contributed by atoms with Crippen molar-refractivity contribution >= 4 is 0 Å². The van der Waals surface area contributed by atoms with E-state index in [0.717, 1.165) is 16.9 Å². The average Bonchev–Trinajstić information content (AvgIpc) is 2.48. The molecule has 2 aromatic rings. The van der Waals surface area contributed by atoms with Crippen LogP contribution in [0.3, 0.4) is 0 Å². The van der Waals surface area contributed by atoms with Crippen molar-refractivity contribution in [3.05, 3.63) is 65.7 Å². The molecule has 2 rings (SSSR count). The third-order valence-corrected chi connectivity index (χ3v) is 2.58. The maximum Gasteiger partial charge on any atom is 0.135 e. The largest absolute Gasteiger partial charge is 0.488 e. The number of hydrogen-bond donors (Lipinski definition) is 1. The summed E-state index contributed by atoms with van der Waals surface area (Å²) in [5, 5.41) is 8.73. The summed E-state index contributed by atoms with van der Waals surface area (Å²) in [5.74, 6) is 6.70. The van der Waals surface area contributed by atoms with Crippen LogP contribution in [0.25, 0.3) is 0 Å². The summed E-state index contributed by atoms with van der Waals surface area (Å²) < 4.78 is 5.79. The molecule has 0 saturated heterocycles. The first-order valence-electron chi connectivity index (χ1n) is 6.25. The van der Waals surface area contributed by atoms with Gasteiger partial charge in [0.2, 0.25) is 0 Å². The number of aliphatic hydroxyl groups is 1. The molecule has 0 spiro atoms. The molecule has 2 nitrogen and oxygen atoms in total. The van der Waals surface area contributed by atoms with Gasteiger partial charge in [0, 0.05) is 6.42 Å². The first kappa shape index (κ1) is 13.2. The molecule has 96 valence electrons. The van der Waals surface area contributed by atoms with Gasteiger partial charge in [0.25, 0.3) is 0 Å². The van der Waals surface area contributed by atoms with Gasteiger partial charge in [-0.2, -0.15) is 0 Å². The van der Waals surface area contributed by atoms with E-state index in [-0.39, 0.29) is 6.61 Å². The minimum absolute atomic E-state index is 0.0834. The molecule has 0 aromatic heterocycles. The van der Waals surface area contributed by atoms with Crippen LogP contribution in [-0.4, -0.2) is 11.7 Å². The first-order chi connectivity index (χ1) is 9.40. The van der Waals surface area contributed by atoms with Gasteiger partial charge in [0.15, 0.2) is 0 Å². The van der Waals surface area contributed by atoms with Gasteiger partial charge in [0.05, 0.1) is 12.2 Å². The van der Waals surface area contributed by atoms with Gasteiger partial charge in [0.1, 0.15) is 12.4 Å². The van der Waals surface area contributed by atoms with Gasteiger partial charge >= 0.3 is 0 Å². The van der Waals surface area contributed by atoms with Crippen LogP contribution >= 0.6 is 0 Å². The summed E-state index contributed by atoms with van der Waals surface area (Å²) in [5.41, 5.74) is 1.98. The molecule has 19 heavy (non-hydrogen) atoms. The van der Waals surface area contributed by atoms with E-state index in [2.05, 4.69) is 11.8 Å². The zero-order valence-corrected chi connectivity index (χ0v) is 10.7. The molecule has 0 heterocycles. The van der Waals surface area contributed by atoms with Crippen molar-refractivity contribution < 1.29 is 9.84 Å². The van der Waals surface area contributed by atoms with Crippen LogP contribution in [0, 0.1) is 11.8 Å². The minimum atomic E-state index is 0.0834. The number of ether oxygens (including phenoxy) is 1. The highest BCUT2D eigenvalue weighted by Gasteiger charge is 2.00. The summed E-state index contributed by atoms with van der Waals surface area (Å²) in [4.78, 5) is 0. The van der Waals surface area contributed by atoms with Crippen molar-refractivity contribution in [2.75, 3.05) is 6.61 Å². The second kappa shape index (κ2) is 7.25. The van der Waals surface area contributed by atoms with Crippen LogP contribution < -0.4 is 4.74 Å². The van der Waals surface area contributed by atoms with Gasteiger partial charge in [-0.25, -0.2) is 0 Å². The Bertz CT molecular complexity index is 565. The maximum atomic E-state index is 8.73. The molecule has 0 atom stereocenters. The van der Waals surface area contributed by atoms with E-state index >= 15 is 0 Å². The Morgan fingerprint density at radius 1 is 0.947 bits per heavy atom. The lowest BCUT2D eigenvalue weighted by Gasteiger charge is -2.08. The Labute approximate surface area is 113 Å². The van der Waals surface area contributed by atoms with Gasteiger partial charge in [-0.1, -0.05) is 54.3 Å². The monoisotopic (exact) mass is 252 g/mol. The number of benzene rings is 2. The maximum absolute atomic E-state index is 8.73. The van der Waals surface area contributed by atoms with E-state index < -0.39 is 0 Å². The molecule has 0 radical (unpaired) electrons. The Kier molecular flexibility index (Phi) is 5.04. The molecule has 0 saturated carbocycles. The van der Waals surface area contributed by atoms with Crippen LogP contribution in [0.1, 0.15) is 17.5 Å². The normalized spacial score (nSPS) is 9.53. The van der Waals surface area contributed by atoms with Crippen LogP contribution in [0.15, 0.2) is 54.6 Å². The van der Waals surface area contributed by atoms with Crippen LogP contribution in [0.5, 0.6) is 5.75 Å². The predicted molar refractivity (Wildman–Crippen MR) is 75.8 cm³/mol. The van der Waals surface area contributed by atoms with Crippen molar-refractivity contribution in [1.82, 2.24) is 0 Å².